The van der Waals surface area contributed by atoms with Gasteiger partial charge in [-0.3, -0.25) is 4.79 Å². The predicted octanol–water partition coefficient (Wildman–Crippen LogP) is 4.55. The molecule has 2 aromatic carbocycles. The highest BCUT2D eigenvalue weighted by Crippen LogP contribution is 2.18. The lowest BCUT2D eigenvalue weighted by Gasteiger charge is -2.10. The smallest absolute Gasteiger partial charge is 0.270 e. The maximum atomic E-state index is 12.6. The van der Waals surface area contributed by atoms with Crippen molar-refractivity contribution in [2.75, 3.05) is 11.9 Å². The SMILES string of the molecule is CCCNc1cc(C(=O)NCc2ccc(Cl)cc2)nc(-c2ccccc2)n1. The first-order chi connectivity index (χ1) is 13.2. The van der Waals surface area contributed by atoms with Gasteiger partial charge in [-0.1, -0.05) is 61.0 Å². The van der Waals surface area contributed by atoms with E-state index in [1.165, 1.54) is 0 Å². The zero-order chi connectivity index (χ0) is 19.1. The van der Waals surface area contributed by atoms with Crippen molar-refractivity contribution in [2.24, 2.45) is 0 Å². The average molecular weight is 381 g/mol. The summed E-state index contributed by atoms with van der Waals surface area (Å²) in [6.45, 7) is 3.25. The quantitative estimate of drug-likeness (QED) is 0.631. The van der Waals surface area contributed by atoms with Gasteiger partial charge >= 0.3 is 0 Å². The number of hydrogen-bond acceptors (Lipinski definition) is 4. The van der Waals surface area contributed by atoms with Crippen LogP contribution in [-0.4, -0.2) is 22.4 Å². The number of hydrogen-bond donors (Lipinski definition) is 2. The zero-order valence-corrected chi connectivity index (χ0v) is 15.8. The summed E-state index contributed by atoms with van der Waals surface area (Å²) in [4.78, 5) is 21.6. The maximum Gasteiger partial charge on any atom is 0.270 e. The molecule has 5 nitrogen and oxygen atoms in total. The van der Waals surface area contributed by atoms with Crippen LogP contribution in [-0.2, 0) is 6.54 Å². The lowest BCUT2D eigenvalue weighted by molar-refractivity contribution is 0.0946. The van der Waals surface area contributed by atoms with E-state index in [2.05, 4.69) is 27.5 Å². The van der Waals surface area contributed by atoms with Crippen LogP contribution >= 0.6 is 11.6 Å². The Balaban J connectivity index is 1.81. The normalized spacial score (nSPS) is 10.4. The molecule has 6 heteroatoms. The Morgan fingerprint density at radius 1 is 1.04 bits per heavy atom. The van der Waals surface area contributed by atoms with Gasteiger partial charge < -0.3 is 10.6 Å². The highest BCUT2D eigenvalue weighted by molar-refractivity contribution is 6.30. The van der Waals surface area contributed by atoms with Crippen molar-refractivity contribution in [3.05, 3.63) is 76.9 Å². The molecule has 0 bridgehead atoms. The second-order valence-corrected chi connectivity index (χ2v) is 6.50. The van der Waals surface area contributed by atoms with Gasteiger partial charge in [-0.2, -0.15) is 0 Å². The molecule has 0 aliphatic rings. The minimum absolute atomic E-state index is 0.246. The van der Waals surface area contributed by atoms with Gasteiger partial charge in [0, 0.05) is 29.7 Å². The van der Waals surface area contributed by atoms with Crippen molar-refractivity contribution >= 4 is 23.3 Å². The molecule has 1 amide bonds. The first-order valence-electron chi connectivity index (χ1n) is 8.86. The van der Waals surface area contributed by atoms with Gasteiger partial charge in [0.25, 0.3) is 5.91 Å². The third-order valence-corrected chi connectivity index (χ3v) is 4.17. The summed E-state index contributed by atoms with van der Waals surface area (Å²) in [5.74, 6) is 0.916. The number of carbonyl (C=O) groups excluding carboxylic acids is 1. The summed E-state index contributed by atoms with van der Waals surface area (Å²) < 4.78 is 0. The molecule has 1 aromatic heterocycles. The number of carbonyl (C=O) groups is 1. The van der Waals surface area contributed by atoms with E-state index in [4.69, 9.17) is 11.6 Å². The van der Waals surface area contributed by atoms with E-state index >= 15 is 0 Å². The molecule has 0 saturated carbocycles. The summed E-state index contributed by atoms with van der Waals surface area (Å²) in [7, 11) is 0. The molecular weight excluding hydrogens is 360 g/mol. The zero-order valence-electron chi connectivity index (χ0n) is 15.1. The van der Waals surface area contributed by atoms with E-state index in [0.717, 1.165) is 24.1 Å². The first-order valence-corrected chi connectivity index (χ1v) is 9.24. The van der Waals surface area contributed by atoms with E-state index in [9.17, 15) is 4.79 Å². The second kappa shape index (κ2) is 9.14. The number of aromatic nitrogens is 2. The molecule has 3 aromatic rings. The van der Waals surface area contributed by atoms with Crippen LogP contribution < -0.4 is 10.6 Å². The molecule has 0 aliphatic carbocycles. The Kier molecular flexibility index (Phi) is 6.39. The van der Waals surface area contributed by atoms with E-state index in [1.54, 1.807) is 18.2 Å². The van der Waals surface area contributed by atoms with Crippen LogP contribution in [0.5, 0.6) is 0 Å². The molecule has 0 aliphatic heterocycles. The topological polar surface area (TPSA) is 66.9 Å². The fourth-order valence-electron chi connectivity index (χ4n) is 2.50. The van der Waals surface area contributed by atoms with Crippen molar-refractivity contribution in [3.63, 3.8) is 0 Å². The summed E-state index contributed by atoms with van der Waals surface area (Å²) in [6, 6.07) is 18.7. The molecule has 3 rings (SSSR count). The fraction of sp³-hybridized carbons (Fsp3) is 0.190. The van der Waals surface area contributed by atoms with Crippen molar-refractivity contribution in [1.82, 2.24) is 15.3 Å². The van der Waals surface area contributed by atoms with Crippen LogP contribution in [0.1, 0.15) is 29.4 Å². The molecule has 0 fully saturated rings. The molecular formula is C21H21ClN4O. The fourth-order valence-corrected chi connectivity index (χ4v) is 2.62. The largest absolute Gasteiger partial charge is 0.370 e. The minimum atomic E-state index is -0.246. The highest BCUT2D eigenvalue weighted by atomic mass is 35.5. The number of nitrogens with zero attached hydrogens (tertiary/aromatic N) is 2. The predicted molar refractivity (Wildman–Crippen MR) is 109 cm³/mol. The van der Waals surface area contributed by atoms with Crippen LogP contribution in [0, 0.1) is 0 Å². The first kappa shape index (κ1) is 18.9. The Labute approximate surface area is 163 Å². The summed E-state index contributed by atoms with van der Waals surface area (Å²) >= 11 is 5.89. The molecule has 1 heterocycles. The molecule has 0 unspecified atom stereocenters. The highest BCUT2D eigenvalue weighted by Gasteiger charge is 2.13. The number of halogens is 1. The summed E-state index contributed by atoms with van der Waals surface area (Å²) in [5.41, 5.74) is 2.16. The molecule has 138 valence electrons. The van der Waals surface area contributed by atoms with Crippen molar-refractivity contribution in [3.8, 4) is 11.4 Å². The summed E-state index contributed by atoms with van der Waals surface area (Å²) in [5, 5.41) is 6.80. The van der Waals surface area contributed by atoms with Gasteiger partial charge in [0.15, 0.2) is 5.82 Å². The third kappa shape index (κ3) is 5.28. The lowest BCUT2D eigenvalue weighted by atomic mass is 10.2. The number of benzene rings is 2. The van der Waals surface area contributed by atoms with Gasteiger partial charge in [0.1, 0.15) is 11.5 Å². The van der Waals surface area contributed by atoms with Gasteiger partial charge in [-0.25, -0.2) is 9.97 Å². The van der Waals surface area contributed by atoms with Gasteiger partial charge in [0.2, 0.25) is 0 Å². The van der Waals surface area contributed by atoms with Gasteiger partial charge in [-0.05, 0) is 24.1 Å². The Hall–Kier alpha value is -2.92. The molecule has 0 radical (unpaired) electrons. The van der Waals surface area contributed by atoms with Gasteiger partial charge in [-0.15, -0.1) is 0 Å². The molecule has 0 saturated heterocycles. The number of rotatable bonds is 7. The Morgan fingerprint density at radius 2 is 1.78 bits per heavy atom. The lowest BCUT2D eigenvalue weighted by Crippen LogP contribution is -2.24. The standard InChI is InChI=1S/C21H21ClN4O/c1-2-12-23-19-13-18(25-20(26-19)16-6-4-3-5-7-16)21(27)24-14-15-8-10-17(22)11-9-15/h3-11,13H,2,12,14H2,1H3,(H,24,27)(H,23,25,26). The maximum absolute atomic E-state index is 12.6. The van der Waals surface area contributed by atoms with Crippen LogP contribution in [0.15, 0.2) is 60.7 Å². The van der Waals surface area contributed by atoms with E-state index < -0.39 is 0 Å². The van der Waals surface area contributed by atoms with E-state index in [-0.39, 0.29) is 5.91 Å². The molecule has 0 spiro atoms. The molecule has 27 heavy (non-hydrogen) atoms. The van der Waals surface area contributed by atoms with Crippen LogP contribution in [0.3, 0.4) is 0 Å². The second-order valence-electron chi connectivity index (χ2n) is 6.06. The Bertz CT molecular complexity index is 898. The summed E-state index contributed by atoms with van der Waals surface area (Å²) in [6.07, 6.45) is 0.961. The molecule has 2 N–H and O–H groups in total. The van der Waals surface area contributed by atoms with Crippen molar-refractivity contribution in [1.29, 1.82) is 0 Å². The van der Waals surface area contributed by atoms with Crippen molar-refractivity contribution < 1.29 is 4.79 Å². The van der Waals surface area contributed by atoms with Gasteiger partial charge in [0.05, 0.1) is 0 Å². The number of amides is 1. The van der Waals surface area contributed by atoms with E-state index in [1.807, 2.05) is 42.5 Å². The molecule has 0 atom stereocenters. The Morgan fingerprint density at radius 3 is 2.48 bits per heavy atom. The number of nitrogens with one attached hydrogen (secondary N) is 2. The average Bonchev–Trinajstić information content (AvgIpc) is 2.72. The number of anilines is 1. The van der Waals surface area contributed by atoms with Crippen LogP contribution in [0.2, 0.25) is 5.02 Å². The monoisotopic (exact) mass is 380 g/mol. The third-order valence-electron chi connectivity index (χ3n) is 3.91. The van der Waals surface area contributed by atoms with E-state index in [0.29, 0.717) is 28.9 Å². The minimum Gasteiger partial charge on any atom is -0.370 e. The van der Waals surface area contributed by atoms with Crippen LogP contribution in [0.4, 0.5) is 5.82 Å². The van der Waals surface area contributed by atoms with Crippen molar-refractivity contribution in [2.45, 2.75) is 19.9 Å². The van der Waals surface area contributed by atoms with Crippen LogP contribution in [0.25, 0.3) is 11.4 Å².